The number of hydrogen-bond donors (Lipinski definition) is 1. The van der Waals surface area contributed by atoms with Gasteiger partial charge < -0.3 is 10.2 Å². The van der Waals surface area contributed by atoms with Crippen LogP contribution in [0, 0.1) is 0 Å². The van der Waals surface area contributed by atoms with Gasteiger partial charge in [0, 0.05) is 11.1 Å². The molecule has 1 saturated carbocycles. The second kappa shape index (κ2) is 3.37. The van der Waals surface area contributed by atoms with Gasteiger partial charge in [0.2, 0.25) is 0 Å². The van der Waals surface area contributed by atoms with E-state index in [4.69, 9.17) is 10.2 Å². The molecule has 3 nitrogen and oxygen atoms in total. The number of nitrogens with zero attached hydrogens (tertiary/aromatic N) is 1. The van der Waals surface area contributed by atoms with E-state index < -0.39 is 0 Å². The van der Waals surface area contributed by atoms with Crippen molar-refractivity contribution in [2.24, 2.45) is 0 Å². The Bertz CT molecular complexity index is 486. The van der Waals surface area contributed by atoms with Crippen molar-refractivity contribution in [3.8, 4) is 0 Å². The van der Waals surface area contributed by atoms with E-state index in [-0.39, 0.29) is 5.41 Å². The summed E-state index contributed by atoms with van der Waals surface area (Å²) in [6, 6.07) is 8.10. The van der Waals surface area contributed by atoms with Crippen LogP contribution in [0.25, 0.3) is 0 Å². The Morgan fingerprint density at radius 1 is 1.31 bits per heavy atom. The second-order valence-corrected chi connectivity index (χ2v) is 4.43. The first-order valence-electron chi connectivity index (χ1n) is 5.56. The third-order valence-electron chi connectivity index (χ3n) is 3.57. The monoisotopic (exact) mass is 214 g/mol. The highest BCUT2D eigenvalue weighted by atomic mass is 16.3. The zero-order valence-electron chi connectivity index (χ0n) is 9.02. The molecular formula is C13H14N2O. The summed E-state index contributed by atoms with van der Waals surface area (Å²) in [4.78, 5) is 4.31. The summed E-state index contributed by atoms with van der Waals surface area (Å²) in [5.41, 5.74) is 8.99. The molecule has 16 heavy (non-hydrogen) atoms. The highest BCUT2D eigenvalue weighted by molar-refractivity contribution is 5.47. The number of hydrogen-bond acceptors (Lipinski definition) is 3. The SMILES string of the molecule is Nc1cccc(C2(c3cocn3)CCC2)c1. The molecular weight excluding hydrogens is 200 g/mol. The van der Waals surface area contributed by atoms with E-state index >= 15 is 0 Å². The summed E-state index contributed by atoms with van der Waals surface area (Å²) < 4.78 is 5.11. The van der Waals surface area contributed by atoms with E-state index in [0.29, 0.717) is 0 Å². The van der Waals surface area contributed by atoms with E-state index in [0.717, 1.165) is 24.2 Å². The number of rotatable bonds is 2. The quantitative estimate of drug-likeness (QED) is 0.782. The molecule has 1 aromatic carbocycles. The van der Waals surface area contributed by atoms with Crippen molar-refractivity contribution in [3.05, 3.63) is 48.2 Å². The zero-order chi connectivity index (χ0) is 11.0. The van der Waals surface area contributed by atoms with Crippen molar-refractivity contribution in [3.63, 3.8) is 0 Å². The van der Waals surface area contributed by atoms with Crippen LogP contribution in [-0.2, 0) is 5.41 Å². The third kappa shape index (κ3) is 1.24. The Hall–Kier alpha value is -1.77. The van der Waals surface area contributed by atoms with Crippen molar-refractivity contribution in [2.45, 2.75) is 24.7 Å². The topological polar surface area (TPSA) is 52.0 Å². The van der Waals surface area contributed by atoms with Crippen LogP contribution in [0.3, 0.4) is 0 Å². The van der Waals surface area contributed by atoms with Gasteiger partial charge in [0.05, 0.1) is 5.69 Å². The van der Waals surface area contributed by atoms with Crippen LogP contribution in [0.2, 0.25) is 0 Å². The average molecular weight is 214 g/mol. The number of aromatic nitrogens is 1. The molecule has 0 radical (unpaired) electrons. The molecule has 1 aliphatic rings. The molecule has 1 heterocycles. The predicted octanol–water partition coefficient (Wildman–Crippen LogP) is 2.73. The highest BCUT2D eigenvalue weighted by Gasteiger charge is 2.42. The van der Waals surface area contributed by atoms with Gasteiger partial charge in [0.25, 0.3) is 0 Å². The van der Waals surface area contributed by atoms with Crippen LogP contribution in [0.5, 0.6) is 0 Å². The molecule has 1 aliphatic carbocycles. The Morgan fingerprint density at radius 3 is 2.75 bits per heavy atom. The number of benzene rings is 1. The number of oxazole rings is 1. The molecule has 2 aromatic rings. The van der Waals surface area contributed by atoms with Gasteiger partial charge in [-0.05, 0) is 30.5 Å². The maximum absolute atomic E-state index is 5.84. The summed E-state index contributed by atoms with van der Waals surface area (Å²) >= 11 is 0. The van der Waals surface area contributed by atoms with E-state index in [9.17, 15) is 0 Å². The van der Waals surface area contributed by atoms with Crippen molar-refractivity contribution >= 4 is 5.69 Å². The maximum Gasteiger partial charge on any atom is 0.180 e. The second-order valence-electron chi connectivity index (χ2n) is 4.43. The molecule has 0 spiro atoms. The molecule has 0 atom stereocenters. The fourth-order valence-electron chi connectivity index (χ4n) is 2.51. The fourth-order valence-corrected chi connectivity index (χ4v) is 2.51. The van der Waals surface area contributed by atoms with Crippen LogP contribution < -0.4 is 5.73 Å². The zero-order valence-corrected chi connectivity index (χ0v) is 9.02. The molecule has 0 unspecified atom stereocenters. The van der Waals surface area contributed by atoms with Gasteiger partial charge in [-0.1, -0.05) is 18.6 Å². The molecule has 3 rings (SSSR count). The van der Waals surface area contributed by atoms with Crippen molar-refractivity contribution in [1.82, 2.24) is 4.98 Å². The third-order valence-corrected chi connectivity index (χ3v) is 3.57. The lowest BCUT2D eigenvalue weighted by Gasteiger charge is -2.40. The Labute approximate surface area is 94.3 Å². The number of anilines is 1. The van der Waals surface area contributed by atoms with E-state index in [1.54, 1.807) is 6.26 Å². The molecule has 2 N–H and O–H groups in total. The van der Waals surface area contributed by atoms with Crippen molar-refractivity contribution in [1.29, 1.82) is 0 Å². The minimum atomic E-state index is 0.0440. The first-order chi connectivity index (χ1) is 7.81. The number of nitrogen functional groups attached to an aromatic ring is 1. The molecule has 0 amide bonds. The van der Waals surface area contributed by atoms with Crippen molar-refractivity contribution in [2.75, 3.05) is 5.73 Å². The standard InChI is InChI=1S/C13H14N2O/c14-11-4-1-3-10(7-11)13(5-2-6-13)12-8-16-9-15-12/h1,3-4,7-9H,2,5-6,14H2. The van der Waals surface area contributed by atoms with Crippen LogP contribution in [0.1, 0.15) is 30.5 Å². The average Bonchev–Trinajstić information content (AvgIpc) is 2.70. The van der Waals surface area contributed by atoms with Crippen LogP contribution in [0.15, 0.2) is 41.3 Å². The van der Waals surface area contributed by atoms with Gasteiger partial charge in [-0.2, -0.15) is 0 Å². The lowest BCUT2D eigenvalue weighted by atomic mass is 9.62. The van der Waals surface area contributed by atoms with Gasteiger partial charge in [-0.3, -0.25) is 0 Å². The summed E-state index contributed by atoms with van der Waals surface area (Å²) in [5.74, 6) is 0. The molecule has 82 valence electrons. The summed E-state index contributed by atoms with van der Waals surface area (Å²) in [6.07, 6.45) is 6.75. The summed E-state index contributed by atoms with van der Waals surface area (Å²) in [6.45, 7) is 0. The van der Waals surface area contributed by atoms with E-state index in [1.807, 2.05) is 18.2 Å². The molecule has 1 aromatic heterocycles. The summed E-state index contributed by atoms with van der Waals surface area (Å²) in [5, 5.41) is 0. The summed E-state index contributed by atoms with van der Waals surface area (Å²) in [7, 11) is 0. The van der Waals surface area contributed by atoms with Gasteiger partial charge in [-0.15, -0.1) is 0 Å². The predicted molar refractivity (Wildman–Crippen MR) is 62.0 cm³/mol. The first-order valence-corrected chi connectivity index (χ1v) is 5.56. The maximum atomic E-state index is 5.84. The Balaban J connectivity index is 2.09. The van der Waals surface area contributed by atoms with Gasteiger partial charge in [-0.25, -0.2) is 4.98 Å². The molecule has 0 aliphatic heterocycles. The molecule has 0 bridgehead atoms. The van der Waals surface area contributed by atoms with E-state index in [1.165, 1.54) is 18.4 Å². The molecule has 0 saturated heterocycles. The van der Waals surface area contributed by atoms with Gasteiger partial charge >= 0.3 is 0 Å². The molecule has 3 heteroatoms. The van der Waals surface area contributed by atoms with Crippen LogP contribution in [-0.4, -0.2) is 4.98 Å². The lowest BCUT2D eigenvalue weighted by Crippen LogP contribution is -2.35. The largest absolute Gasteiger partial charge is 0.451 e. The van der Waals surface area contributed by atoms with Crippen molar-refractivity contribution < 1.29 is 4.42 Å². The van der Waals surface area contributed by atoms with Gasteiger partial charge in [0.1, 0.15) is 6.26 Å². The Morgan fingerprint density at radius 2 is 2.19 bits per heavy atom. The minimum Gasteiger partial charge on any atom is -0.451 e. The lowest BCUT2D eigenvalue weighted by molar-refractivity contribution is 0.293. The normalized spacial score (nSPS) is 18.0. The van der Waals surface area contributed by atoms with Crippen LogP contribution in [0.4, 0.5) is 5.69 Å². The highest BCUT2D eigenvalue weighted by Crippen LogP contribution is 2.48. The number of nitrogens with two attached hydrogens (primary N) is 1. The van der Waals surface area contributed by atoms with E-state index in [2.05, 4.69) is 11.1 Å². The Kier molecular flexibility index (Phi) is 1.99. The first kappa shape index (κ1) is 9.46. The molecule has 1 fully saturated rings. The van der Waals surface area contributed by atoms with Crippen LogP contribution >= 0.6 is 0 Å². The van der Waals surface area contributed by atoms with Gasteiger partial charge in [0.15, 0.2) is 6.39 Å². The minimum absolute atomic E-state index is 0.0440. The fraction of sp³-hybridized carbons (Fsp3) is 0.308. The smallest absolute Gasteiger partial charge is 0.180 e.